The molecule has 0 aliphatic heterocycles. The lowest BCUT2D eigenvalue weighted by molar-refractivity contribution is -0.174. The fraction of sp³-hybridized carbons (Fsp3) is 0.939. The zero-order chi connectivity index (χ0) is 40.7. The van der Waals surface area contributed by atoms with Crippen molar-refractivity contribution < 1.29 is 29.7 Å². The maximum absolute atomic E-state index is 13.5. The summed E-state index contributed by atoms with van der Waals surface area (Å²) in [6.07, 6.45) is 38.4. The Morgan fingerprint density at radius 2 is 0.545 bits per heavy atom. The van der Waals surface area contributed by atoms with Crippen molar-refractivity contribution in [3.05, 3.63) is 0 Å². The van der Waals surface area contributed by atoms with E-state index in [-0.39, 0.29) is 19.3 Å². The van der Waals surface area contributed by atoms with Crippen molar-refractivity contribution in [3.63, 3.8) is 0 Å². The van der Waals surface area contributed by atoms with Crippen LogP contribution in [0.1, 0.15) is 278 Å². The van der Waals surface area contributed by atoms with E-state index in [0.29, 0.717) is 19.3 Å². The van der Waals surface area contributed by atoms with Crippen LogP contribution in [0.5, 0.6) is 0 Å². The number of hydrogen-bond acceptors (Lipinski definition) is 6. The van der Waals surface area contributed by atoms with E-state index in [9.17, 15) is 29.7 Å². The highest BCUT2D eigenvalue weighted by Gasteiger charge is 2.52. The lowest BCUT2D eigenvalue weighted by Crippen LogP contribution is -2.61. The molecule has 3 N–H and O–H groups in total. The first-order valence-corrected chi connectivity index (χ1v) is 24.4. The zero-order valence-corrected chi connectivity index (χ0v) is 37.0. The molecule has 0 aromatic carbocycles. The van der Waals surface area contributed by atoms with Crippen LogP contribution in [0.15, 0.2) is 0 Å². The second-order valence-corrected chi connectivity index (χ2v) is 17.2. The van der Waals surface area contributed by atoms with Gasteiger partial charge in [0, 0.05) is 19.3 Å². The summed E-state index contributed by atoms with van der Waals surface area (Å²) in [5, 5.41) is 33.7. The third-order valence-corrected chi connectivity index (χ3v) is 11.9. The van der Waals surface area contributed by atoms with E-state index in [1.807, 2.05) is 0 Å². The standard InChI is InChI=1S/C49H94O6/c1-4-7-10-13-16-19-22-24-27-30-33-36-39-42-45(51)49(55,46(52)43-40-37-34-31-28-25-23-20-17-14-11-8-5-2)48(54)47(53)44(50)41-38-35-32-29-26-21-18-15-12-9-6-3/h47-48,53-55H,4-43H2,1-3H3. The van der Waals surface area contributed by atoms with Crippen LogP contribution in [0.4, 0.5) is 0 Å². The molecule has 0 radical (unpaired) electrons. The number of rotatable bonds is 45. The highest BCUT2D eigenvalue weighted by Crippen LogP contribution is 2.26. The van der Waals surface area contributed by atoms with E-state index in [1.54, 1.807) is 0 Å². The summed E-state index contributed by atoms with van der Waals surface area (Å²) in [6, 6.07) is 0. The van der Waals surface area contributed by atoms with Crippen molar-refractivity contribution in [2.24, 2.45) is 0 Å². The maximum atomic E-state index is 13.5. The van der Waals surface area contributed by atoms with E-state index >= 15 is 0 Å². The molecule has 0 amide bonds. The van der Waals surface area contributed by atoms with Crippen molar-refractivity contribution in [1.82, 2.24) is 0 Å². The Balaban J connectivity index is 4.80. The van der Waals surface area contributed by atoms with Gasteiger partial charge in [-0.05, 0) is 19.3 Å². The Morgan fingerprint density at radius 1 is 0.345 bits per heavy atom. The summed E-state index contributed by atoms with van der Waals surface area (Å²) >= 11 is 0. The maximum Gasteiger partial charge on any atom is 0.210 e. The highest BCUT2D eigenvalue weighted by molar-refractivity contribution is 6.11. The van der Waals surface area contributed by atoms with Crippen molar-refractivity contribution in [1.29, 1.82) is 0 Å². The van der Waals surface area contributed by atoms with Crippen molar-refractivity contribution in [3.8, 4) is 0 Å². The van der Waals surface area contributed by atoms with Gasteiger partial charge in [-0.1, -0.05) is 239 Å². The van der Waals surface area contributed by atoms with Crippen LogP contribution >= 0.6 is 0 Å². The van der Waals surface area contributed by atoms with E-state index in [1.165, 1.54) is 161 Å². The van der Waals surface area contributed by atoms with Crippen molar-refractivity contribution in [2.75, 3.05) is 0 Å². The number of carbonyl (C=O) groups is 3. The molecule has 6 nitrogen and oxygen atoms in total. The predicted octanol–water partition coefficient (Wildman–Crippen LogP) is 13.8. The first-order valence-electron chi connectivity index (χ1n) is 24.4. The molecule has 0 aliphatic carbocycles. The number of hydrogen-bond donors (Lipinski definition) is 3. The highest BCUT2D eigenvalue weighted by atomic mass is 16.4. The molecule has 0 rings (SSSR count). The summed E-state index contributed by atoms with van der Waals surface area (Å²) in [7, 11) is 0. The van der Waals surface area contributed by atoms with Crippen LogP contribution < -0.4 is 0 Å². The third kappa shape index (κ3) is 29.7. The average Bonchev–Trinajstić information content (AvgIpc) is 3.19. The van der Waals surface area contributed by atoms with Gasteiger partial charge in [-0.15, -0.1) is 0 Å². The Morgan fingerprint density at radius 3 is 0.782 bits per heavy atom. The molecule has 55 heavy (non-hydrogen) atoms. The number of aliphatic hydroxyl groups is 3. The van der Waals surface area contributed by atoms with Crippen LogP contribution in [-0.4, -0.2) is 50.5 Å². The molecule has 6 heteroatoms. The monoisotopic (exact) mass is 779 g/mol. The lowest BCUT2D eigenvalue weighted by atomic mass is 9.79. The number of aliphatic hydroxyl groups excluding tert-OH is 2. The third-order valence-electron chi connectivity index (χ3n) is 11.9. The Kier molecular flexibility index (Phi) is 38.9. The quantitative estimate of drug-likeness (QED) is 0.0419. The molecule has 326 valence electrons. The summed E-state index contributed by atoms with van der Waals surface area (Å²) in [5.74, 6) is -2.13. The molecule has 0 heterocycles. The second kappa shape index (κ2) is 39.7. The van der Waals surface area contributed by atoms with Crippen molar-refractivity contribution >= 4 is 17.3 Å². The van der Waals surface area contributed by atoms with Gasteiger partial charge in [0.15, 0.2) is 17.3 Å². The van der Waals surface area contributed by atoms with Gasteiger partial charge < -0.3 is 15.3 Å². The fourth-order valence-electron chi connectivity index (χ4n) is 7.99. The first kappa shape index (κ1) is 53.9. The fourth-order valence-corrected chi connectivity index (χ4v) is 7.99. The van der Waals surface area contributed by atoms with Crippen LogP contribution in [0.3, 0.4) is 0 Å². The van der Waals surface area contributed by atoms with E-state index in [4.69, 9.17) is 0 Å². The zero-order valence-electron chi connectivity index (χ0n) is 37.0. The normalized spacial score (nSPS) is 13.0. The largest absolute Gasteiger partial charge is 0.386 e. The number of carbonyl (C=O) groups excluding carboxylic acids is 3. The minimum absolute atomic E-state index is 0.0465. The molecule has 0 bridgehead atoms. The van der Waals surface area contributed by atoms with Gasteiger partial charge in [0.05, 0.1) is 0 Å². The SMILES string of the molecule is CCCCCCCCCCCCCCCC(=O)C(O)(C(=O)CCCCCCCCCCCCCCC)C(O)C(O)C(=O)CCCCCCCCCCCCC. The number of unbranched alkanes of at least 4 members (excludes halogenated alkanes) is 34. The van der Waals surface area contributed by atoms with Gasteiger partial charge in [0.1, 0.15) is 12.2 Å². The van der Waals surface area contributed by atoms with Crippen LogP contribution in [-0.2, 0) is 14.4 Å². The molecule has 0 fully saturated rings. The Bertz CT molecular complexity index is 829. The molecule has 0 aromatic heterocycles. The van der Waals surface area contributed by atoms with Crippen LogP contribution in [0.2, 0.25) is 0 Å². The molecule has 0 saturated heterocycles. The van der Waals surface area contributed by atoms with Gasteiger partial charge in [-0.25, -0.2) is 0 Å². The molecular formula is C49H94O6. The molecule has 2 unspecified atom stereocenters. The van der Waals surface area contributed by atoms with Gasteiger partial charge in [-0.2, -0.15) is 0 Å². The van der Waals surface area contributed by atoms with Gasteiger partial charge >= 0.3 is 0 Å². The minimum atomic E-state index is -2.75. The van der Waals surface area contributed by atoms with Gasteiger partial charge in [-0.3, -0.25) is 14.4 Å². The summed E-state index contributed by atoms with van der Waals surface area (Å²) in [4.78, 5) is 40.0. The van der Waals surface area contributed by atoms with Gasteiger partial charge in [0.25, 0.3) is 0 Å². The molecule has 0 aromatic rings. The topological polar surface area (TPSA) is 112 Å². The molecule has 0 aliphatic rings. The summed E-state index contributed by atoms with van der Waals surface area (Å²) in [6.45, 7) is 6.72. The molecular weight excluding hydrogens is 685 g/mol. The van der Waals surface area contributed by atoms with Crippen molar-refractivity contribution in [2.45, 2.75) is 295 Å². The van der Waals surface area contributed by atoms with E-state index in [2.05, 4.69) is 20.8 Å². The summed E-state index contributed by atoms with van der Waals surface area (Å²) < 4.78 is 0. The molecule has 0 saturated carbocycles. The minimum Gasteiger partial charge on any atom is -0.386 e. The van der Waals surface area contributed by atoms with E-state index in [0.717, 1.165) is 57.8 Å². The lowest BCUT2D eigenvalue weighted by Gasteiger charge is -2.32. The molecule has 2 atom stereocenters. The average molecular weight is 779 g/mol. The Hall–Kier alpha value is -1.11. The summed E-state index contributed by atoms with van der Waals surface area (Å²) in [5.41, 5.74) is -2.75. The van der Waals surface area contributed by atoms with Crippen LogP contribution in [0.25, 0.3) is 0 Å². The molecule has 0 spiro atoms. The second-order valence-electron chi connectivity index (χ2n) is 17.2. The predicted molar refractivity (Wildman–Crippen MR) is 234 cm³/mol. The van der Waals surface area contributed by atoms with Crippen LogP contribution in [0, 0.1) is 0 Å². The number of ketones is 3. The van der Waals surface area contributed by atoms with Gasteiger partial charge in [0.2, 0.25) is 5.60 Å². The first-order chi connectivity index (χ1) is 26.8. The Labute approximate surface area is 341 Å². The number of Topliss-reactive ketones (excluding diaryl/α,β-unsaturated/α-hetero) is 3. The smallest absolute Gasteiger partial charge is 0.210 e. The van der Waals surface area contributed by atoms with E-state index < -0.39 is 35.2 Å².